The first-order valence-electron chi connectivity index (χ1n) is 5.39. The van der Waals surface area contributed by atoms with Gasteiger partial charge in [-0.25, -0.2) is 4.52 Å². The van der Waals surface area contributed by atoms with E-state index in [1.54, 1.807) is 6.20 Å². The van der Waals surface area contributed by atoms with Gasteiger partial charge in [0, 0.05) is 37.6 Å². The zero-order valence-electron chi connectivity index (χ0n) is 9.72. The van der Waals surface area contributed by atoms with E-state index in [1.165, 1.54) is 5.56 Å². The molecule has 0 bridgehead atoms. The second-order valence-corrected chi connectivity index (χ2v) is 4.06. The van der Waals surface area contributed by atoms with Crippen molar-refractivity contribution in [2.45, 2.75) is 6.54 Å². The summed E-state index contributed by atoms with van der Waals surface area (Å²) in [5, 5.41) is 7.65. The minimum Gasteiger partial charge on any atom is -0.311 e. The van der Waals surface area contributed by atoms with Crippen molar-refractivity contribution in [1.29, 1.82) is 0 Å². The summed E-state index contributed by atoms with van der Waals surface area (Å²) >= 11 is 0. The van der Waals surface area contributed by atoms with Gasteiger partial charge in [0.1, 0.15) is 0 Å². The lowest BCUT2D eigenvalue weighted by Crippen LogP contribution is -2.26. The topological polar surface area (TPSA) is 45.5 Å². The van der Waals surface area contributed by atoms with Crippen LogP contribution in [0.15, 0.2) is 24.8 Å². The Kier molecular flexibility index (Phi) is 3.48. The van der Waals surface area contributed by atoms with Crippen molar-refractivity contribution in [3.63, 3.8) is 0 Å². The summed E-state index contributed by atoms with van der Waals surface area (Å²) in [6.45, 7) is 2.85. The lowest BCUT2D eigenvalue weighted by molar-refractivity contribution is 0.400. The highest BCUT2D eigenvalue weighted by Gasteiger charge is 2.02. The summed E-state index contributed by atoms with van der Waals surface area (Å²) in [7, 11) is 4.14. The van der Waals surface area contributed by atoms with Crippen molar-refractivity contribution in [1.82, 2.24) is 24.8 Å². The summed E-state index contributed by atoms with van der Waals surface area (Å²) in [6, 6.07) is 0. The number of nitrogens with zero attached hydrogens (tertiary/aromatic N) is 4. The van der Waals surface area contributed by atoms with Gasteiger partial charge in [0.15, 0.2) is 0 Å². The van der Waals surface area contributed by atoms with Crippen LogP contribution in [0.2, 0.25) is 0 Å². The van der Waals surface area contributed by atoms with E-state index in [4.69, 9.17) is 0 Å². The molecule has 0 atom stereocenters. The fourth-order valence-corrected chi connectivity index (χ4v) is 1.55. The number of rotatable bonds is 5. The third kappa shape index (κ3) is 2.56. The van der Waals surface area contributed by atoms with Gasteiger partial charge in [-0.3, -0.25) is 4.98 Å². The molecule has 0 unspecified atom stereocenters. The van der Waals surface area contributed by atoms with E-state index < -0.39 is 0 Å². The molecule has 0 aromatic carbocycles. The van der Waals surface area contributed by atoms with Gasteiger partial charge in [0.05, 0.1) is 17.9 Å². The van der Waals surface area contributed by atoms with Gasteiger partial charge in [-0.15, -0.1) is 0 Å². The van der Waals surface area contributed by atoms with Crippen molar-refractivity contribution in [3.05, 3.63) is 30.4 Å². The Morgan fingerprint density at radius 2 is 2.25 bits per heavy atom. The molecule has 2 heterocycles. The van der Waals surface area contributed by atoms with E-state index in [0.29, 0.717) is 0 Å². The molecule has 2 aromatic rings. The van der Waals surface area contributed by atoms with Crippen LogP contribution in [0.5, 0.6) is 0 Å². The zero-order valence-corrected chi connectivity index (χ0v) is 9.72. The minimum atomic E-state index is 0.836. The molecule has 86 valence electrons. The first kappa shape index (κ1) is 11.0. The quantitative estimate of drug-likeness (QED) is 0.738. The third-order valence-electron chi connectivity index (χ3n) is 2.46. The third-order valence-corrected chi connectivity index (χ3v) is 2.46. The van der Waals surface area contributed by atoms with Crippen LogP contribution >= 0.6 is 0 Å². The molecule has 0 spiro atoms. The summed E-state index contributed by atoms with van der Waals surface area (Å²) in [6.07, 6.45) is 7.33. The molecule has 5 heteroatoms. The number of nitrogens with one attached hydrogen (secondary N) is 1. The molecule has 0 amide bonds. The van der Waals surface area contributed by atoms with Crippen LogP contribution < -0.4 is 5.32 Å². The van der Waals surface area contributed by atoms with E-state index >= 15 is 0 Å². The van der Waals surface area contributed by atoms with Crippen LogP contribution in [0.1, 0.15) is 5.56 Å². The molecule has 5 nitrogen and oxygen atoms in total. The fraction of sp³-hybridized carbons (Fsp3) is 0.455. The summed E-state index contributed by atoms with van der Waals surface area (Å²) in [5.41, 5.74) is 2.26. The van der Waals surface area contributed by atoms with E-state index in [2.05, 4.69) is 34.4 Å². The Morgan fingerprint density at radius 1 is 1.38 bits per heavy atom. The van der Waals surface area contributed by atoms with Crippen LogP contribution in [0.25, 0.3) is 5.52 Å². The molecular weight excluding hydrogens is 202 g/mol. The predicted octanol–water partition coefficient (Wildman–Crippen LogP) is 0.381. The number of aromatic nitrogens is 3. The summed E-state index contributed by atoms with van der Waals surface area (Å²) in [4.78, 5) is 6.26. The van der Waals surface area contributed by atoms with Crippen LogP contribution in [-0.2, 0) is 6.54 Å². The van der Waals surface area contributed by atoms with Crippen molar-refractivity contribution in [3.8, 4) is 0 Å². The lowest BCUT2D eigenvalue weighted by Gasteiger charge is -2.09. The average molecular weight is 219 g/mol. The monoisotopic (exact) mass is 219 g/mol. The van der Waals surface area contributed by atoms with Gasteiger partial charge in [-0.2, -0.15) is 5.10 Å². The Morgan fingerprint density at radius 3 is 3.06 bits per heavy atom. The summed E-state index contributed by atoms with van der Waals surface area (Å²) < 4.78 is 1.84. The van der Waals surface area contributed by atoms with Crippen LogP contribution in [-0.4, -0.2) is 46.7 Å². The number of fused-ring (bicyclic) bond motifs is 1. The maximum Gasteiger partial charge on any atom is 0.0889 e. The number of likely N-dealkylation sites (N-methyl/N-ethyl adjacent to an activating group) is 1. The van der Waals surface area contributed by atoms with Crippen molar-refractivity contribution in [2.75, 3.05) is 27.2 Å². The van der Waals surface area contributed by atoms with Crippen molar-refractivity contribution >= 4 is 5.52 Å². The van der Waals surface area contributed by atoms with Gasteiger partial charge in [0.25, 0.3) is 0 Å². The molecule has 0 aliphatic heterocycles. The molecule has 0 aliphatic carbocycles. The van der Waals surface area contributed by atoms with Crippen molar-refractivity contribution in [2.24, 2.45) is 0 Å². The Hall–Kier alpha value is -1.46. The first-order chi connectivity index (χ1) is 7.77. The minimum absolute atomic E-state index is 0.836. The molecule has 16 heavy (non-hydrogen) atoms. The van der Waals surface area contributed by atoms with Crippen LogP contribution in [0, 0.1) is 0 Å². The molecule has 0 saturated carbocycles. The first-order valence-corrected chi connectivity index (χ1v) is 5.39. The van der Waals surface area contributed by atoms with Gasteiger partial charge in [-0.05, 0) is 14.1 Å². The zero-order chi connectivity index (χ0) is 11.4. The molecule has 0 saturated heterocycles. The molecule has 1 N–H and O–H groups in total. The van der Waals surface area contributed by atoms with E-state index in [9.17, 15) is 0 Å². The second kappa shape index (κ2) is 5.05. The molecule has 0 fully saturated rings. The maximum atomic E-state index is 4.26. The van der Waals surface area contributed by atoms with Gasteiger partial charge in [-0.1, -0.05) is 0 Å². The average Bonchev–Trinajstić information content (AvgIpc) is 2.68. The maximum absolute atomic E-state index is 4.26. The molecule has 0 radical (unpaired) electrons. The van der Waals surface area contributed by atoms with Crippen LogP contribution in [0.3, 0.4) is 0 Å². The fourth-order valence-electron chi connectivity index (χ4n) is 1.55. The second-order valence-electron chi connectivity index (χ2n) is 4.06. The SMILES string of the molecule is CN(C)CCNCc1cnn2ccncc12. The standard InChI is InChI=1S/C11H17N5/c1-15(2)5-3-12-7-10-8-14-16-6-4-13-9-11(10)16/h4,6,8-9,12H,3,5,7H2,1-2H3. The van der Waals surface area contributed by atoms with Gasteiger partial charge < -0.3 is 10.2 Å². The van der Waals surface area contributed by atoms with Gasteiger partial charge >= 0.3 is 0 Å². The van der Waals surface area contributed by atoms with E-state index in [-0.39, 0.29) is 0 Å². The Bertz CT molecular complexity index is 448. The number of hydrogen-bond acceptors (Lipinski definition) is 4. The molecular formula is C11H17N5. The predicted molar refractivity (Wildman–Crippen MR) is 63.2 cm³/mol. The highest BCUT2D eigenvalue weighted by molar-refractivity contribution is 5.51. The Balaban J connectivity index is 1.94. The smallest absolute Gasteiger partial charge is 0.0889 e. The van der Waals surface area contributed by atoms with E-state index in [1.807, 2.05) is 23.1 Å². The number of hydrogen-bond donors (Lipinski definition) is 1. The lowest BCUT2D eigenvalue weighted by atomic mass is 10.3. The molecule has 0 aliphatic rings. The largest absolute Gasteiger partial charge is 0.311 e. The normalized spacial score (nSPS) is 11.4. The molecule has 2 rings (SSSR count). The highest BCUT2D eigenvalue weighted by Crippen LogP contribution is 2.07. The van der Waals surface area contributed by atoms with Crippen LogP contribution in [0.4, 0.5) is 0 Å². The van der Waals surface area contributed by atoms with E-state index in [0.717, 1.165) is 25.2 Å². The highest BCUT2D eigenvalue weighted by atomic mass is 15.2. The van der Waals surface area contributed by atoms with Gasteiger partial charge in [0.2, 0.25) is 0 Å². The summed E-state index contributed by atoms with van der Waals surface area (Å²) in [5.74, 6) is 0. The Labute approximate surface area is 95.1 Å². The van der Waals surface area contributed by atoms with Crippen molar-refractivity contribution < 1.29 is 0 Å². The molecule has 2 aromatic heterocycles.